The molecule has 3 atom stereocenters. The van der Waals surface area contributed by atoms with Gasteiger partial charge in [0.25, 0.3) is 0 Å². The van der Waals surface area contributed by atoms with Gasteiger partial charge in [-0.1, -0.05) is 39.0 Å². The summed E-state index contributed by atoms with van der Waals surface area (Å²) in [5, 5.41) is 7.66. The number of hydrogen-bond acceptors (Lipinski definition) is 4. The van der Waals surface area contributed by atoms with Crippen molar-refractivity contribution in [2.24, 2.45) is 24.1 Å². The summed E-state index contributed by atoms with van der Waals surface area (Å²) in [6.45, 7) is 6.95. The van der Waals surface area contributed by atoms with Gasteiger partial charge in [0, 0.05) is 18.3 Å². The standard InChI is InChI=1S/C14H26N4OS/c1-5-14(2,3)9-6-7-10(15)11(8-9)20-13-17-16-12(19)18(13)4/h9-11H,5-8,15H2,1-4H3,(H,16,19). The first-order valence-electron chi connectivity index (χ1n) is 7.38. The molecule has 2 rings (SSSR count). The number of rotatable bonds is 4. The molecular weight excluding hydrogens is 272 g/mol. The molecule has 0 radical (unpaired) electrons. The molecule has 1 aromatic rings. The molecule has 6 heteroatoms. The molecule has 0 amide bonds. The summed E-state index contributed by atoms with van der Waals surface area (Å²) in [7, 11) is 1.75. The fourth-order valence-electron chi connectivity index (χ4n) is 2.86. The molecule has 0 spiro atoms. The van der Waals surface area contributed by atoms with Crippen molar-refractivity contribution in [3.05, 3.63) is 10.5 Å². The van der Waals surface area contributed by atoms with Crippen molar-refractivity contribution in [1.29, 1.82) is 0 Å². The topological polar surface area (TPSA) is 76.7 Å². The van der Waals surface area contributed by atoms with Crippen molar-refractivity contribution in [1.82, 2.24) is 14.8 Å². The fraction of sp³-hybridized carbons (Fsp3) is 0.857. The number of thioether (sulfide) groups is 1. The number of hydrogen-bond donors (Lipinski definition) is 2. The Balaban J connectivity index is 2.10. The van der Waals surface area contributed by atoms with Gasteiger partial charge in [-0.25, -0.2) is 9.89 Å². The van der Waals surface area contributed by atoms with Crippen LogP contribution >= 0.6 is 11.8 Å². The van der Waals surface area contributed by atoms with Crippen LogP contribution in [-0.4, -0.2) is 26.1 Å². The van der Waals surface area contributed by atoms with Crippen LogP contribution < -0.4 is 11.4 Å². The number of aromatic nitrogens is 3. The van der Waals surface area contributed by atoms with E-state index in [1.165, 1.54) is 12.8 Å². The summed E-state index contributed by atoms with van der Waals surface area (Å²) in [6.07, 6.45) is 4.56. The number of nitrogens with two attached hydrogens (primary N) is 1. The molecule has 0 aliphatic heterocycles. The maximum Gasteiger partial charge on any atom is 0.343 e. The Bertz CT molecular complexity index is 508. The van der Waals surface area contributed by atoms with Crippen LogP contribution in [0.3, 0.4) is 0 Å². The maximum absolute atomic E-state index is 11.4. The highest BCUT2D eigenvalue weighted by Crippen LogP contribution is 2.44. The summed E-state index contributed by atoms with van der Waals surface area (Å²) in [5.41, 5.74) is 6.48. The van der Waals surface area contributed by atoms with E-state index in [9.17, 15) is 4.79 Å². The zero-order valence-electron chi connectivity index (χ0n) is 12.8. The monoisotopic (exact) mass is 298 g/mol. The lowest BCUT2D eigenvalue weighted by Gasteiger charge is -2.41. The van der Waals surface area contributed by atoms with Crippen LogP contribution in [0.25, 0.3) is 0 Å². The summed E-state index contributed by atoms with van der Waals surface area (Å²) in [5.74, 6) is 0.695. The van der Waals surface area contributed by atoms with E-state index in [1.807, 2.05) is 0 Å². The van der Waals surface area contributed by atoms with E-state index in [0.29, 0.717) is 16.6 Å². The molecule has 0 aromatic carbocycles. The Kier molecular flexibility index (Phi) is 4.64. The van der Waals surface area contributed by atoms with E-state index in [2.05, 4.69) is 31.0 Å². The van der Waals surface area contributed by atoms with Gasteiger partial charge in [0.15, 0.2) is 5.16 Å². The second-order valence-electron chi connectivity index (χ2n) is 6.54. The minimum atomic E-state index is -0.165. The summed E-state index contributed by atoms with van der Waals surface area (Å²) in [6, 6.07) is 0.190. The van der Waals surface area contributed by atoms with Gasteiger partial charge in [-0.2, -0.15) is 0 Å². The molecule has 1 fully saturated rings. The molecule has 0 saturated heterocycles. The number of nitrogens with one attached hydrogen (secondary N) is 1. The molecule has 5 nitrogen and oxygen atoms in total. The van der Waals surface area contributed by atoms with Crippen LogP contribution in [0.2, 0.25) is 0 Å². The van der Waals surface area contributed by atoms with Crippen LogP contribution in [0.1, 0.15) is 46.5 Å². The minimum absolute atomic E-state index is 0.165. The summed E-state index contributed by atoms with van der Waals surface area (Å²) < 4.78 is 1.56. The van der Waals surface area contributed by atoms with Crippen LogP contribution in [0.5, 0.6) is 0 Å². The molecule has 114 valence electrons. The van der Waals surface area contributed by atoms with E-state index in [4.69, 9.17) is 5.73 Å². The van der Waals surface area contributed by atoms with Crippen molar-refractivity contribution >= 4 is 11.8 Å². The van der Waals surface area contributed by atoms with Gasteiger partial charge in [0.1, 0.15) is 0 Å². The molecule has 20 heavy (non-hydrogen) atoms. The van der Waals surface area contributed by atoms with Crippen molar-refractivity contribution < 1.29 is 0 Å². The van der Waals surface area contributed by atoms with Crippen LogP contribution in [0.15, 0.2) is 9.95 Å². The maximum atomic E-state index is 11.4. The van der Waals surface area contributed by atoms with Crippen molar-refractivity contribution in [2.75, 3.05) is 0 Å². The van der Waals surface area contributed by atoms with Gasteiger partial charge in [0.05, 0.1) is 0 Å². The summed E-state index contributed by atoms with van der Waals surface area (Å²) in [4.78, 5) is 11.4. The molecular formula is C14H26N4OS. The minimum Gasteiger partial charge on any atom is -0.327 e. The van der Waals surface area contributed by atoms with E-state index in [1.54, 1.807) is 23.4 Å². The molecule has 1 heterocycles. The zero-order valence-corrected chi connectivity index (χ0v) is 13.7. The molecule has 3 unspecified atom stereocenters. The molecule has 1 aliphatic carbocycles. The number of aromatic amines is 1. The lowest BCUT2D eigenvalue weighted by Crippen LogP contribution is -2.42. The third kappa shape index (κ3) is 3.11. The highest BCUT2D eigenvalue weighted by molar-refractivity contribution is 7.99. The van der Waals surface area contributed by atoms with Crippen LogP contribution in [0, 0.1) is 11.3 Å². The van der Waals surface area contributed by atoms with E-state index in [-0.39, 0.29) is 11.7 Å². The van der Waals surface area contributed by atoms with Gasteiger partial charge >= 0.3 is 5.69 Å². The van der Waals surface area contributed by atoms with E-state index in [0.717, 1.165) is 18.0 Å². The normalized spacial score (nSPS) is 27.8. The highest BCUT2D eigenvalue weighted by Gasteiger charge is 2.36. The first kappa shape index (κ1) is 15.6. The molecule has 3 N–H and O–H groups in total. The van der Waals surface area contributed by atoms with Gasteiger partial charge in [-0.05, 0) is 30.6 Å². The molecule has 1 saturated carbocycles. The lowest BCUT2D eigenvalue weighted by molar-refractivity contribution is 0.148. The molecule has 0 bridgehead atoms. The predicted octanol–water partition coefficient (Wildman–Crippen LogP) is 2.13. The van der Waals surface area contributed by atoms with Gasteiger partial charge in [-0.3, -0.25) is 4.57 Å². The van der Waals surface area contributed by atoms with Gasteiger partial charge < -0.3 is 5.73 Å². The fourth-order valence-corrected chi connectivity index (χ4v) is 4.11. The average molecular weight is 298 g/mol. The second-order valence-corrected chi connectivity index (χ2v) is 7.75. The smallest absolute Gasteiger partial charge is 0.327 e. The number of nitrogens with zero attached hydrogens (tertiary/aromatic N) is 2. The van der Waals surface area contributed by atoms with Crippen LogP contribution in [-0.2, 0) is 7.05 Å². The average Bonchev–Trinajstić information content (AvgIpc) is 2.73. The highest BCUT2D eigenvalue weighted by atomic mass is 32.2. The Labute approximate surface area is 124 Å². The van der Waals surface area contributed by atoms with Crippen molar-refractivity contribution in [3.63, 3.8) is 0 Å². The Morgan fingerprint density at radius 3 is 2.75 bits per heavy atom. The Morgan fingerprint density at radius 1 is 1.50 bits per heavy atom. The Hall–Kier alpha value is -0.750. The third-order valence-electron chi connectivity index (χ3n) is 4.95. The van der Waals surface area contributed by atoms with E-state index >= 15 is 0 Å². The third-order valence-corrected chi connectivity index (χ3v) is 6.38. The van der Waals surface area contributed by atoms with Crippen molar-refractivity contribution in [3.8, 4) is 0 Å². The second kappa shape index (κ2) is 5.93. The predicted molar refractivity (Wildman–Crippen MR) is 82.9 cm³/mol. The quantitative estimate of drug-likeness (QED) is 0.893. The van der Waals surface area contributed by atoms with Gasteiger partial charge in [0.2, 0.25) is 0 Å². The van der Waals surface area contributed by atoms with Gasteiger partial charge in [-0.15, -0.1) is 5.10 Å². The van der Waals surface area contributed by atoms with Crippen molar-refractivity contribution in [2.45, 2.75) is 62.9 Å². The van der Waals surface area contributed by atoms with E-state index < -0.39 is 0 Å². The largest absolute Gasteiger partial charge is 0.343 e. The first-order chi connectivity index (χ1) is 9.35. The SMILES string of the molecule is CCC(C)(C)C1CCC(N)C(Sc2n[nH]c(=O)n2C)C1. The molecule has 1 aliphatic rings. The Morgan fingerprint density at radius 2 is 2.20 bits per heavy atom. The summed E-state index contributed by atoms with van der Waals surface area (Å²) >= 11 is 1.65. The zero-order chi connectivity index (χ0) is 14.9. The lowest BCUT2D eigenvalue weighted by atomic mass is 9.69. The number of H-pyrrole nitrogens is 1. The first-order valence-corrected chi connectivity index (χ1v) is 8.26. The molecule has 1 aromatic heterocycles. The van der Waals surface area contributed by atoms with Crippen LogP contribution in [0.4, 0.5) is 0 Å².